The molecule has 0 heterocycles. The van der Waals surface area contributed by atoms with E-state index in [-0.39, 0.29) is 0 Å². The van der Waals surface area contributed by atoms with Crippen molar-refractivity contribution < 1.29 is 0 Å². The minimum atomic E-state index is 0.777. The highest BCUT2D eigenvalue weighted by Crippen LogP contribution is 2.17. The molecule has 2 nitrogen and oxygen atoms in total. The molecule has 86 valence electrons. The highest BCUT2D eigenvalue weighted by Gasteiger charge is 2.13. The third kappa shape index (κ3) is 5.20. The average Bonchev–Trinajstić information content (AvgIpc) is 2.71. The first-order valence-corrected chi connectivity index (χ1v) is 6.26. The summed E-state index contributed by atoms with van der Waals surface area (Å²) in [5.41, 5.74) is 0. The first-order chi connectivity index (χ1) is 7.36. The summed E-state index contributed by atoms with van der Waals surface area (Å²) >= 11 is 0. The Kier molecular flexibility index (Phi) is 6.47. The molecule has 0 radical (unpaired) electrons. The molecule has 0 saturated heterocycles. The summed E-state index contributed by atoms with van der Waals surface area (Å²) in [5, 5.41) is 3.62. The fourth-order valence-corrected chi connectivity index (χ4v) is 2.27. The fourth-order valence-electron chi connectivity index (χ4n) is 2.27. The molecule has 0 aromatic rings. The molecule has 0 aliphatic heterocycles. The van der Waals surface area contributed by atoms with Crippen molar-refractivity contribution in [2.45, 2.75) is 45.1 Å². The molecule has 1 N–H and O–H groups in total. The quantitative estimate of drug-likeness (QED) is 0.643. The van der Waals surface area contributed by atoms with Crippen LogP contribution in [-0.4, -0.2) is 37.1 Å². The van der Waals surface area contributed by atoms with Crippen LogP contribution in [0.15, 0.2) is 0 Å². The Bertz CT molecular complexity index is 189. The summed E-state index contributed by atoms with van der Waals surface area (Å²) in [6.07, 6.45) is 12.1. The van der Waals surface area contributed by atoms with Crippen molar-refractivity contribution in [3.05, 3.63) is 0 Å². The Morgan fingerprint density at radius 3 is 2.67 bits per heavy atom. The summed E-state index contributed by atoms with van der Waals surface area (Å²) in [4.78, 5) is 2.35. The Hall–Kier alpha value is -0.520. The molecule has 0 aromatic carbocycles. The van der Waals surface area contributed by atoms with E-state index in [0.29, 0.717) is 0 Å². The smallest absolute Gasteiger partial charge is 0.0599 e. The van der Waals surface area contributed by atoms with Crippen LogP contribution in [0.25, 0.3) is 0 Å². The van der Waals surface area contributed by atoms with Crippen molar-refractivity contribution in [1.82, 2.24) is 10.2 Å². The van der Waals surface area contributed by atoms with E-state index in [0.717, 1.165) is 32.2 Å². The van der Waals surface area contributed by atoms with Crippen molar-refractivity contribution in [2.75, 3.05) is 26.2 Å². The highest BCUT2D eigenvalue weighted by atomic mass is 15.1. The summed E-state index contributed by atoms with van der Waals surface area (Å²) < 4.78 is 0. The minimum Gasteiger partial charge on any atom is -0.313 e. The summed E-state index contributed by atoms with van der Waals surface area (Å²) in [6, 6.07) is 0.777. The molecule has 1 aliphatic carbocycles. The number of terminal acetylenes is 1. The molecule has 1 fully saturated rings. The lowest BCUT2D eigenvalue weighted by molar-refractivity contribution is 0.299. The van der Waals surface area contributed by atoms with Gasteiger partial charge < -0.3 is 5.32 Å². The van der Waals surface area contributed by atoms with Gasteiger partial charge in [-0.15, -0.1) is 6.42 Å². The maximum Gasteiger partial charge on any atom is 0.0599 e. The van der Waals surface area contributed by atoms with E-state index in [1.807, 2.05) is 0 Å². The molecule has 0 bridgehead atoms. The highest BCUT2D eigenvalue weighted by molar-refractivity contribution is 4.88. The van der Waals surface area contributed by atoms with Crippen molar-refractivity contribution in [3.8, 4) is 12.3 Å². The zero-order valence-electron chi connectivity index (χ0n) is 9.97. The van der Waals surface area contributed by atoms with E-state index in [1.54, 1.807) is 0 Å². The Balaban J connectivity index is 2.07. The van der Waals surface area contributed by atoms with Crippen LogP contribution >= 0.6 is 0 Å². The first-order valence-electron chi connectivity index (χ1n) is 6.26. The molecule has 1 rings (SSSR count). The van der Waals surface area contributed by atoms with Gasteiger partial charge in [-0.05, 0) is 25.8 Å². The molecule has 15 heavy (non-hydrogen) atoms. The minimum absolute atomic E-state index is 0.777. The Morgan fingerprint density at radius 1 is 1.33 bits per heavy atom. The zero-order valence-corrected chi connectivity index (χ0v) is 9.97. The van der Waals surface area contributed by atoms with Gasteiger partial charge in [0.15, 0.2) is 0 Å². The van der Waals surface area contributed by atoms with Gasteiger partial charge >= 0.3 is 0 Å². The lowest BCUT2D eigenvalue weighted by Gasteiger charge is -2.20. The second-order valence-electron chi connectivity index (χ2n) is 4.42. The summed E-state index contributed by atoms with van der Waals surface area (Å²) in [7, 11) is 0. The van der Waals surface area contributed by atoms with Gasteiger partial charge in [-0.25, -0.2) is 0 Å². The van der Waals surface area contributed by atoms with Gasteiger partial charge in [0.25, 0.3) is 0 Å². The zero-order chi connectivity index (χ0) is 10.9. The topological polar surface area (TPSA) is 15.3 Å². The van der Waals surface area contributed by atoms with Gasteiger partial charge in [-0.3, -0.25) is 4.90 Å². The van der Waals surface area contributed by atoms with Crippen molar-refractivity contribution in [2.24, 2.45) is 0 Å². The van der Waals surface area contributed by atoms with Crippen molar-refractivity contribution in [3.63, 3.8) is 0 Å². The molecule has 0 unspecified atom stereocenters. The standard InChI is InChI=1S/C13H24N2/c1-3-10-15(11-4-2)12-9-14-13-7-5-6-8-13/h1,13-14H,4-12H2,2H3. The molecule has 1 saturated carbocycles. The monoisotopic (exact) mass is 208 g/mol. The molecule has 0 aromatic heterocycles. The van der Waals surface area contributed by atoms with Crippen molar-refractivity contribution in [1.29, 1.82) is 0 Å². The summed E-state index contributed by atoms with van der Waals surface area (Å²) in [6.45, 7) is 6.30. The van der Waals surface area contributed by atoms with Crippen LogP contribution in [0.4, 0.5) is 0 Å². The molecule has 0 amide bonds. The lowest BCUT2D eigenvalue weighted by atomic mass is 10.2. The van der Waals surface area contributed by atoms with Crippen LogP contribution in [-0.2, 0) is 0 Å². The van der Waals surface area contributed by atoms with E-state index >= 15 is 0 Å². The molecular formula is C13H24N2. The number of nitrogens with one attached hydrogen (secondary N) is 1. The maximum absolute atomic E-state index is 5.34. The van der Waals surface area contributed by atoms with Crippen molar-refractivity contribution >= 4 is 0 Å². The van der Waals surface area contributed by atoms with Crippen LogP contribution in [0.3, 0.4) is 0 Å². The number of nitrogens with zero attached hydrogens (tertiary/aromatic N) is 1. The Morgan fingerprint density at radius 2 is 2.07 bits per heavy atom. The predicted molar refractivity (Wildman–Crippen MR) is 65.8 cm³/mol. The van der Waals surface area contributed by atoms with Crippen LogP contribution in [0.1, 0.15) is 39.0 Å². The van der Waals surface area contributed by atoms with Gasteiger partial charge in [-0.2, -0.15) is 0 Å². The number of hydrogen-bond donors (Lipinski definition) is 1. The molecule has 1 aliphatic rings. The fraction of sp³-hybridized carbons (Fsp3) is 0.846. The van der Waals surface area contributed by atoms with Gasteiger partial charge in [-0.1, -0.05) is 25.7 Å². The first kappa shape index (κ1) is 12.5. The maximum atomic E-state index is 5.34. The average molecular weight is 208 g/mol. The largest absolute Gasteiger partial charge is 0.313 e. The normalized spacial score (nSPS) is 17.1. The van der Waals surface area contributed by atoms with Crippen LogP contribution in [0, 0.1) is 12.3 Å². The second kappa shape index (κ2) is 7.73. The van der Waals surface area contributed by atoms with E-state index in [4.69, 9.17) is 6.42 Å². The van der Waals surface area contributed by atoms with E-state index in [2.05, 4.69) is 23.1 Å². The van der Waals surface area contributed by atoms with Gasteiger partial charge in [0.2, 0.25) is 0 Å². The van der Waals surface area contributed by atoms with Gasteiger partial charge in [0.05, 0.1) is 6.54 Å². The molecular weight excluding hydrogens is 184 g/mol. The number of hydrogen-bond acceptors (Lipinski definition) is 2. The summed E-state index contributed by atoms with van der Waals surface area (Å²) in [5.74, 6) is 2.73. The predicted octanol–water partition coefficient (Wildman–Crippen LogP) is 1.86. The lowest BCUT2D eigenvalue weighted by Crippen LogP contribution is -2.36. The van der Waals surface area contributed by atoms with Crippen LogP contribution in [0.2, 0.25) is 0 Å². The third-order valence-corrected chi connectivity index (χ3v) is 3.07. The molecule has 0 atom stereocenters. The third-order valence-electron chi connectivity index (χ3n) is 3.07. The van der Waals surface area contributed by atoms with Crippen LogP contribution < -0.4 is 5.32 Å². The van der Waals surface area contributed by atoms with E-state index < -0.39 is 0 Å². The van der Waals surface area contributed by atoms with Crippen LogP contribution in [0.5, 0.6) is 0 Å². The molecule has 0 spiro atoms. The van der Waals surface area contributed by atoms with Gasteiger partial charge in [0, 0.05) is 19.1 Å². The second-order valence-corrected chi connectivity index (χ2v) is 4.42. The van der Waals surface area contributed by atoms with E-state index in [9.17, 15) is 0 Å². The Labute approximate surface area is 94.4 Å². The number of rotatable bonds is 7. The SMILES string of the molecule is C#CCN(CCC)CCNC1CCCC1. The van der Waals surface area contributed by atoms with E-state index in [1.165, 1.54) is 32.1 Å². The molecule has 2 heteroatoms. The van der Waals surface area contributed by atoms with Gasteiger partial charge in [0.1, 0.15) is 0 Å².